The number of amides is 2. The Balaban J connectivity index is 1.91. The van der Waals surface area contributed by atoms with E-state index in [1.54, 1.807) is 17.3 Å². The lowest BCUT2D eigenvalue weighted by atomic mass is 10.1. The Morgan fingerprint density at radius 3 is 2.50 bits per heavy atom. The van der Waals surface area contributed by atoms with Crippen LogP contribution in [-0.2, 0) is 22.6 Å². The Bertz CT molecular complexity index is 686. The molecule has 1 aromatic heterocycles. The minimum absolute atomic E-state index is 0.0476. The maximum Gasteiger partial charge on any atom is 0.226 e. The first-order valence-corrected chi connectivity index (χ1v) is 8.12. The smallest absolute Gasteiger partial charge is 0.226 e. The van der Waals surface area contributed by atoms with E-state index in [-0.39, 0.29) is 18.2 Å². The average Bonchev–Trinajstić information content (AvgIpc) is 2.59. The molecule has 0 aliphatic rings. The molecule has 0 bridgehead atoms. The van der Waals surface area contributed by atoms with Crippen molar-refractivity contribution in [3.8, 4) is 0 Å². The van der Waals surface area contributed by atoms with Crippen LogP contribution >= 0.6 is 0 Å². The number of carbonyl (C=O) groups excluding carboxylic acids is 2. The fraction of sp³-hybridized carbons (Fsp3) is 0.316. The number of pyridine rings is 1. The second-order valence-corrected chi connectivity index (χ2v) is 5.60. The van der Waals surface area contributed by atoms with Gasteiger partial charge in [-0.3, -0.25) is 14.6 Å². The van der Waals surface area contributed by atoms with Gasteiger partial charge in [-0.2, -0.15) is 0 Å². The lowest BCUT2D eigenvalue weighted by Crippen LogP contribution is -2.31. The summed E-state index contributed by atoms with van der Waals surface area (Å²) in [6.45, 7) is 4.44. The first kappa shape index (κ1) is 17.7. The van der Waals surface area contributed by atoms with Gasteiger partial charge in [0.2, 0.25) is 11.8 Å². The maximum absolute atomic E-state index is 12.2. The van der Waals surface area contributed by atoms with Crippen LogP contribution < -0.4 is 5.32 Å². The van der Waals surface area contributed by atoms with Crippen molar-refractivity contribution in [3.63, 3.8) is 0 Å². The molecule has 0 saturated heterocycles. The third-order valence-corrected chi connectivity index (χ3v) is 3.85. The summed E-state index contributed by atoms with van der Waals surface area (Å²) < 4.78 is 0. The fourth-order valence-electron chi connectivity index (χ4n) is 2.46. The van der Waals surface area contributed by atoms with Gasteiger partial charge in [-0.1, -0.05) is 25.1 Å². The highest BCUT2D eigenvalue weighted by atomic mass is 16.2. The lowest BCUT2D eigenvalue weighted by molar-refractivity contribution is -0.129. The standard InChI is InChI=1S/C19H23N3O2/c1-3-17-6-4-5-7-18(17)21-19(24)10-13-22(15(2)23)14-16-8-11-20-12-9-16/h4-9,11-12H,3,10,13-14H2,1-2H3,(H,21,24). The average molecular weight is 325 g/mol. The SMILES string of the molecule is CCc1ccccc1NC(=O)CCN(Cc1ccncc1)C(C)=O. The number of anilines is 1. The zero-order valence-corrected chi connectivity index (χ0v) is 14.2. The van der Waals surface area contributed by atoms with Gasteiger partial charge in [0.25, 0.3) is 0 Å². The maximum atomic E-state index is 12.2. The molecule has 0 saturated carbocycles. The van der Waals surface area contributed by atoms with Gasteiger partial charge in [0.15, 0.2) is 0 Å². The first-order valence-electron chi connectivity index (χ1n) is 8.12. The zero-order valence-electron chi connectivity index (χ0n) is 14.2. The van der Waals surface area contributed by atoms with Gasteiger partial charge in [0, 0.05) is 44.5 Å². The van der Waals surface area contributed by atoms with E-state index in [4.69, 9.17) is 0 Å². The van der Waals surface area contributed by atoms with Crippen LogP contribution in [0.2, 0.25) is 0 Å². The highest BCUT2D eigenvalue weighted by molar-refractivity contribution is 5.91. The quantitative estimate of drug-likeness (QED) is 0.851. The van der Waals surface area contributed by atoms with Crippen LogP contribution in [0, 0.1) is 0 Å². The molecule has 5 nitrogen and oxygen atoms in total. The number of aromatic nitrogens is 1. The van der Waals surface area contributed by atoms with Crippen molar-refractivity contribution in [2.75, 3.05) is 11.9 Å². The molecule has 1 aromatic carbocycles. The van der Waals surface area contributed by atoms with Crippen molar-refractivity contribution in [1.82, 2.24) is 9.88 Å². The Labute approximate surface area is 142 Å². The Morgan fingerprint density at radius 2 is 1.83 bits per heavy atom. The molecule has 0 fully saturated rings. The van der Waals surface area contributed by atoms with E-state index in [1.165, 1.54) is 6.92 Å². The normalized spacial score (nSPS) is 10.2. The van der Waals surface area contributed by atoms with Crippen LogP contribution in [0.4, 0.5) is 5.69 Å². The topological polar surface area (TPSA) is 62.3 Å². The summed E-state index contributed by atoms with van der Waals surface area (Å²) in [4.78, 5) is 29.6. The van der Waals surface area contributed by atoms with E-state index in [0.29, 0.717) is 13.1 Å². The molecule has 0 spiro atoms. The van der Waals surface area contributed by atoms with E-state index >= 15 is 0 Å². The summed E-state index contributed by atoms with van der Waals surface area (Å²) in [5.41, 5.74) is 2.94. The molecule has 1 N–H and O–H groups in total. The summed E-state index contributed by atoms with van der Waals surface area (Å²) >= 11 is 0. The minimum atomic E-state index is -0.0862. The largest absolute Gasteiger partial charge is 0.338 e. The molecule has 0 aliphatic carbocycles. The van der Waals surface area contributed by atoms with E-state index < -0.39 is 0 Å². The van der Waals surface area contributed by atoms with Crippen LogP contribution in [0.3, 0.4) is 0 Å². The summed E-state index contributed by atoms with van der Waals surface area (Å²) in [7, 11) is 0. The molecule has 0 radical (unpaired) electrons. The van der Waals surface area contributed by atoms with Crippen LogP contribution in [0.1, 0.15) is 31.4 Å². The molecule has 2 amide bonds. The number of benzene rings is 1. The summed E-state index contributed by atoms with van der Waals surface area (Å²) in [6, 6.07) is 11.5. The predicted octanol–water partition coefficient (Wildman–Crippen LogP) is 3.02. The monoisotopic (exact) mass is 325 g/mol. The van der Waals surface area contributed by atoms with E-state index in [1.807, 2.05) is 36.4 Å². The molecule has 5 heteroatoms. The summed E-state index contributed by atoms with van der Waals surface area (Å²) in [5.74, 6) is -0.134. The first-order chi connectivity index (χ1) is 11.6. The molecule has 0 aliphatic heterocycles. The number of nitrogens with one attached hydrogen (secondary N) is 1. The van der Waals surface area contributed by atoms with Crippen LogP contribution in [0.25, 0.3) is 0 Å². The van der Waals surface area contributed by atoms with Gasteiger partial charge >= 0.3 is 0 Å². The number of carbonyl (C=O) groups is 2. The van der Waals surface area contributed by atoms with Crippen molar-refractivity contribution in [1.29, 1.82) is 0 Å². The van der Waals surface area contributed by atoms with Crippen molar-refractivity contribution in [3.05, 3.63) is 59.9 Å². The van der Waals surface area contributed by atoms with Gasteiger partial charge in [-0.15, -0.1) is 0 Å². The van der Waals surface area contributed by atoms with Crippen LogP contribution in [0.15, 0.2) is 48.8 Å². The van der Waals surface area contributed by atoms with E-state index in [0.717, 1.165) is 23.2 Å². The van der Waals surface area contributed by atoms with E-state index in [9.17, 15) is 9.59 Å². The Kier molecular flexibility index (Phi) is 6.49. The van der Waals surface area contributed by atoms with Gasteiger partial charge < -0.3 is 10.2 Å². The van der Waals surface area contributed by atoms with Gasteiger partial charge in [-0.25, -0.2) is 0 Å². The molecule has 1 heterocycles. The molecule has 2 aromatic rings. The molecule has 2 rings (SSSR count). The second kappa shape index (κ2) is 8.82. The van der Waals surface area contributed by atoms with E-state index in [2.05, 4.69) is 17.2 Å². The van der Waals surface area contributed by atoms with Gasteiger partial charge in [0.05, 0.1) is 0 Å². The minimum Gasteiger partial charge on any atom is -0.338 e. The Morgan fingerprint density at radius 1 is 1.12 bits per heavy atom. The third kappa shape index (κ3) is 5.19. The number of nitrogens with zero attached hydrogens (tertiary/aromatic N) is 2. The van der Waals surface area contributed by atoms with Crippen molar-refractivity contribution in [2.24, 2.45) is 0 Å². The number of hydrogen-bond donors (Lipinski definition) is 1. The summed E-state index contributed by atoms with van der Waals surface area (Å²) in [6.07, 6.45) is 4.52. The summed E-state index contributed by atoms with van der Waals surface area (Å²) in [5, 5.41) is 2.93. The zero-order chi connectivity index (χ0) is 17.4. The van der Waals surface area contributed by atoms with Gasteiger partial charge in [0.1, 0.15) is 0 Å². The van der Waals surface area contributed by atoms with Crippen LogP contribution in [-0.4, -0.2) is 28.2 Å². The van der Waals surface area contributed by atoms with Crippen molar-refractivity contribution >= 4 is 17.5 Å². The molecule has 0 unspecified atom stereocenters. The van der Waals surface area contributed by atoms with Gasteiger partial charge in [-0.05, 0) is 35.7 Å². The second-order valence-electron chi connectivity index (χ2n) is 5.60. The molecule has 24 heavy (non-hydrogen) atoms. The molecule has 0 atom stereocenters. The lowest BCUT2D eigenvalue weighted by Gasteiger charge is -2.21. The predicted molar refractivity (Wildman–Crippen MR) is 94.4 cm³/mol. The third-order valence-electron chi connectivity index (χ3n) is 3.85. The van der Waals surface area contributed by atoms with Crippen molar-refractivity contribution < 1.29 is 9.59 Å². The molecule has 126 valence electrons. The van der Waals surface area contributed by atoms with Crippen LogP contribution in [0.5, 0.6) is 0 Å². The van der Waals surface area contributed by atoms with Crippen molar-refractivity contribution in [2.45, 2.75) is 33.2 Å². The molecular weight excluding hydrogens is 302 g/mol. The number of para-hydroxylation sites is 1. The highest BCUT2D eigenvalue weighted by Crippen LogP contribution is 2.15. The highest BCUT2D eigenvalue weighted by Gasteiger charge is 2.12. The Hall–Kier alpha value is -2.69. The number of hydrogen-bond acceptors (Lipinski definition) is 3. The molecular formula is C19H23N3O2. The number of aryl methyl sites for hydroxylation is 1. The fourth-order valence-corrected chi connectivity index (χ4v) is 2.46. The number of rotatable bonds is 7.